The third-order valence-corrected chi connectivity index (χ3v) is 7.11. The summed E-state index contributed by atoms with van der Waals surface area (Å²) in [7, 11) is 0.0617. The van der Waals surface area contributed by atoms with Gasteiger partial charge in [-0.05, 0) is 67.6 Å². The van der Waals surface area contributed by atoms with Crippen LogP contribution in [0.1, 0.15) is 23.1 Å². The Morgan fingerprint density at radius 2 is 1.41 bits per heavy atom. The molecule has 0 saturated heterocycles. The predicted molar refractivity (Wildman–Crippen MR) is 119 cm³/mol. The van der Waals surface area contributed by atoms with E-state index in [4.69, 9.17) is 9.84 Å². The number of hydrogen-bond acceptors (Lipinski definition) is 2. The Morgan fingerprint density at radius 1 is 0.897 bits per heavy atom. The minimum Gasteiger partial charge on any atom is -0.481 e. The Kier molecular flexibility index (Phi) is 7.36. The molecule has 0 aromatic heterocycles. The van der Waals surface area contributed by atoms with Crippen LogP contribution in [0.4, 0.5) is 0 Å². The molecule has 4 heteroatoms. The van der Waals surface area contributed by atoms with E-state index in [0.717, 1.165) is 29.7 Å². The number of carboxylic acids is 1. The number of carboxylic acid groups (broad SMARTS) is 1. The van der Waals surface area contributed by atoms with Gasteiger partial charge in [-0.15, -0.1) is 0 Å². The zero-order valence-corrected chi connectivity index (χ0v) is 17.7. The number of hydrogen-bond donors (Lipinski definition) is 1. The molecule has 29 heavy (non-hydrogen) atoms. The van der Waals surface area contributed by atoms with E-state index in [9.17, 15) is 4.79 Å². The van der Waals surface area contributed by atoms with Crippen LogP contribution >= 0.6 is 0 Å². The zero-order valence-electron chi connectivity index (χ0n) is 16.9. The van der Waals surface area contributed by atoms with Crippen LogP contribution in [0.5, 0.6) is 5.75 Å². The van der Waals surface area contributed by atoms with Gasteiger partial charge in [-0.1, -0.05) is 48.5 Å². The summed E-state index contributed by atoms with van der Waals surface area (Å²) >= 11 is 0. The summed E-state index contributed by atoms with van der Waals surface area (Å²) in [5.41, 5.74) is 3.25. The highest BCUT2D eigenvalue weighted by Crippen LogP contribution is 2.27. The molecular weight excluding hydrogens is 380 g/mol. The molecule has 150 valence electrons. The van der Waals surface area contributed by atoms with Crippen molar-refractivity contribution in [3.63, 3.8) is 0 Å². The lowest BCUT2D eigenvalue weighted by molar-refractivity contribution is -0.139. The molecule has 0 heterocycles. The van der Waals surface area contributed by atoms with Crippen molar-refractivity contribution in [2.24, 2.45) is 0 Å². The van der Waals surface area contributed by atoms with Crippen LogP contribution in [0.2, 0.25) is 0 Å². The van der Waals surface area contributed by atoms with Crippen molar-refractivity contribution < 1.29 is 14.6 Å². The molecule has 3 nitrogen and oxygen atoms in total. The maximum atomic E-state index is 10.8. The fourth-order valence-corrected chi connectivity index (χ4v) is 5.66. The van der Waals surface area contributed by atoms with Gasteiger partial charge < -0.3 is 9.84 Å². The molecule has 0 radical (unpaired) electrons. The van der Waals surface area contributed by atoms with E-state index in [0.29, 0.717) is 5.75 Å². The van der Waals surface area contributed by atoms with Crippen LogP contribution < -0.4 is 4.74 Å². The lowest BCUT2D eigenvalue weighted by Gasteiger charge is -2.13. The lowest BCUT2D eigenvalue weighted by atomic mass is 10.0. The van der Waals surface area contributed by atoms with Gasteiger partial charge in [0.1, 0.15) is 11.5 Å². The highest BCUT2D eigenvalue weighted by molar-refractivity contribution is 7.97. The molecule has 0 atom stereocenters. The highest BCUT2D eigenvalue weighted by Gasteiger charge is 2.24. The first-order chi connectivity index (χ1) is 14.0. The standard InChI is InChI=1S/C25H26O3S/c1-19-16-21(17-20(2)25(19)28-18-24(26)27)10-9-15-29(22-11-5-3-6-12-22)23-13-7-4-8-14-23/h3-8,11-14,16-17H,9-10,15,18H2,1-2H3/p+1. The molecular formula is C25H27O3S+. The van der Waals surface area contributed by atoms with Crippen molar-refractivity contribution in [2.75, 3.05) is 12.4 Å². The quantitative estimate of drug-likeness (QED) is 0.481. The smallest absolute Gasteiger partial charge is 0.341 e. The number of aryl methyl sites for hydroxylation is 3. The molecule has 0 bridgehead atoms. The van der Waals surface area contributed by atoms with Gasteiger partial charge in [0.25, 0.3) is 0 Å². The van der Waals surface area contributed by atoms with E-state index in [1.54, 1.807) is 0 Å². The number of aliphatic carboxylic acids is 1. The van der Waals surface area contributed by atoms with Crippen LogP contribution in [0.25, 0.3) is 0 Å². The molecule has 3 rings (SSSR count). The van der Waals surface area contributed by atoms with E-state index in [2.05, 4.69) is 72.8 Å². The monoisotopic (exact) mass is 407 g/mol. The summed E-state index contributed by atoms with van der Waals surface area (Å²) in [6.45, 7) is 3.65. The second-order valence-corrected chi connectivity index (χ2v) is 9.20. The Hall–Kier alpha value is -2.72. The minimum atomic E-state index is -0.957. The predicted octanol–water partition coefficient (Wildman–Crippen LogP) is 5.44. The fourth-order valence-electron chi connectivity index (χ4n) is 3.51. The van der Waals surface area contributed by atoms with Gasteiger partial charge in [-0.2, -0.15) is 0 Å². The van der Waals surface area contributed by atoms with Gasteiger partial charge in [0, 0.05) is 0 Å². The van der Waals surface area contributed by atoms with Gasteiger partial charge in [0.2, 0.25) is 0 Å². The van der Waals surface area contributed by atoms with Crippen molar-refractivity contribution in [1.29, 1.82) is 0 Å². The third-order valence-electron chi connectivity index (χ3n) is 4.73. The summed E-state index contributed by atoms with van der Waals surface area (Å²) in [5.74, 6) is 0.829. The van der Waals surface area contributed by atoms with Crippen LogP contribution in [0.15, 0.2) is 82.6 Å². The third kappa shape index (κ3) is 5.88. The van der Waals surface area contributed by atoms with E-state index >= 15 is 0 Å². The van der Waals surface area contributed by atoms with Crippen molar-refractivity contribution >= 4 is 16.9 Å². The van der Waals surface area contributed by atoms with Gasteiger partial charge in [0.05, 0.1) is 10.9 Å². The Morgan fingerprint density at radius 3 is 1.90 bits per heavy atom. The number of carbonyl (C=O) groups is 1. The molecule has 0 saturated carbocycles. The molecule has 0 spiro atoms. The minimum absolute atomic E-state index is 0.0617. The summed E-state index contributed by atoms with van der Waals surface area (Å²) in [6.07, 6.45) is 2.07. The molecule has 3 aromatic rings. The van der Waals surface area contributed by atoms with Crippen molar-refractivity contribution in [3.8, 4) is 5.75 Å². The highest BCUT2D eigenvalue weighted by atomic mass is 32.2. The van der Waals surface area contributed by atoms with E-state index in [1.807, 2.05) is 13.8 Å². The lowest BCUT2D eigenvalue weighted by Crippen LogP contribution is -2.11. The largest absolute Gasteiger partial charge is 0.481 e. The maximum absolute atomic E-state index is 10.8. The van der Waals surface area contributed by atoms with Gasteiger partial charge in [0.15, 0.2) is 16.4 Å². The molecule has 0 amide bonds. The molecule has 0 fully saturated rings. The first-order valence-corrected chi connectivity index (χ1v) is 11.2. The average molecular weight is 408 g/mol. The number of ether oxygens (including phenoxy) is 1. The molecule has 3 aromatic carbocycles. The Bertz CT molecular complexity index is 876. The second kappa shape index (κ2) is 10.2. The van der Waals surface area contributed by atoms with Crippen LogP contribution in [0.3, 0.4) is 0 Å². The van der Waals surface area contributed by atoms with Crippen LogP contribution in [-0.4, -0.2) is 23.4 Å². The van der Waals surface area contributed by atoms with Crippen molar-refractivity contribution in [2.45, 2.75) is 36.5 Å². The Labute approximate surface area is 175 Å². The topological polar surface area (TPSA) is 46.5 Å². The first-order valence-electron chi connectivity index (χ1n) is 9.80. The molecule has 0 aliphatic rings. The van der Waals surface area contributed by atoms with E-state index in [-0.39, 0.29) is 17.5 Å². The summed E-state index contributed by atoms with van der Waals surface area (Å²) in [5, 5.41) is 8.84. The SMILES string of the molecule is Cc1cc(CCC[S+](c2ccccc2)c2ccccc2)cc(C)c1OCC(=O)O. The molecule has 1 N–H and O–H groups in total. The van der Waals surface area contributed by atoms with E-state index in [1.165, 1.54) is 15.4 Å². The molecule has 0 aliphatic heterocycles. The summed E-state index contributed by atoms with van der Waals surface area (Å²) in [4.78, 5) is 13.5. The first kappa shape index (κ1) is 21.0. The summed E-state index contributed by atoms with van der Waals surface area (Å²) in [6, 6.07) is 25.7. The summed E-state index contributed by atoms with van der Waals surface area (Å²) < 4.78 is 5.44. The fraction of sp³-hybridized carbons (Fsp3) is 0.240. The van der Waals surface area contributed by atoms with Crippen molar-refractivity contribution in [3.05, 3.63) is 89.5 Å². The normalized spacial score (nSPS) is 10.9. The molecule has 0 unspecified atom stereocenters. The van der Waals surface area contributed by atoms with Gasteiger partial charge >= 0.3 is 5.97 Å². The zero-order chi connectivity index (χ0) is 20.6. The second-order valence-electron chi connectivity index (χ2n) is 7.07. The maximum Gasteiger partial charge on any atom is 0.341 e. The number of benzene rings is 3. The van der Waals surface area contributed by atoms with Gasteiger partial charge in [-0.3, -0.25) is 0 Å². The van der Waals surface area contributed by atoms with Crippen LogP contribution in [-0.2, 0) is 22.1 Å². The van der Waals surface area contributed by atoms with Crippen molar-refractivity contribution in [1.82, 2.24) is 0 Å². The van der Waals surface area contributed by atoms with Crippen LogP contribution in [0, 0.1) is 13.8 Å². The number of rotatable bonds is 9. The van der Waals surface area contributed by atoms with E-state index < -0.39 is 5.97 Å². The Balaban J connectivity index is 1.69. The molecule has 0 aliphatic carbocycles. The van der Waals surface area contributed by atoms with Gasteiger partial charge in [-0.25, -0.2) is 4.79 Å². The average Bonchev–Trinajstić information content (AvgIpc) is 2.72.